The molecule has 0 fully saturated rings. The summed E-state index contributed by atoms with van der Waals surface area (Å²) in [6.07, 6.45) is 0.842. The van der Waals surface area contributed by atoms with E-state index in [-0.39, 0.29) is 11.9 Å². The van der Waals surface area contributed by atoms with Crippen LogP contribution in [0.5, 0.6) is 0 Å². The minimum atomic E-state index is -0.272. The molecular weight excluding hydrogens is 239 g/mol. The third-order valence-electron chi connectivity index (χ3n) is 2.88. The van der Waals surface area contributed by atoms with E-state index in [1.54, 1.807) is 13.2 Å². The molecule has 0 saturated heterocycles. The third-order valence-corrected chi connectivity index (χ3v) is 3.18. The third kappa shape index (κ3) is 2.25. The molecule has 0 aliphatic heterocycles. The highest BCUT2D eigenvalue weighted by Crippen LogP contribution is 2.22. The summed E-state index contributed by atoms with van der Waals surface area (Å²) in [5.74, 6) is -0.272. The topological polar surface area (TPSA) is 29.9 Å². The van der Waals surface area contributed by atoms with Crippen molar-refractivity contribution in [2.45, 2.75) is 19.4 Å². The summed E-state index contributed by atoms with van der Waals surface area (Å²) in [5.41, 5.74) is 1.28. The number of ether oxygens (including phenoxy) is 1. The van der Waals surface area contributed by atoms with Gasteiger partial charge in [0.1, 0.15) is 11.3 Å². The maximum absolute atomic E-state index is 13.6. The molecule has 1 aromatic heterocycles. The molecule has 5 heteroatoms. The second kappa shape index (κ2) is 4.98. The molecule has 2 aromatic rings. The van der Waals surface area contributed by atoms with Gasteiger partial charge in [-0.15, -0.1) is 0 Å². The summed E-state index contributed by atoms with van der Waals surface area (Å²) in [6, 6.07) is 5.17. The Kier molecular flexibility index (Phi) is 3.59. The van der Waals surface area contributed by atoms with Crippen molar-refractivity contribution in [1.82, 2.24) is 9.55 Å². The van der Waals surface area contributed by atoms with Gasteiger partial charge in [-0.1, -0.05) is 6.07 Å². The van der Waals surface area contributed by atoms with Crippen molar-refractivity contribution in [3.8, 4) is 0 Å². The van der Waals surface area contributed by atoms with Crippen LogP contribution < -0.4 is 0 Å². The first-order valence-electron chi connectivity index (χ1n) is 5.53. The molecule has 0 saturated carbocycles. The van der Waals surface area contributed by atoms with Crippen LogP contribution >= 0.6 is 12.2 Å². The minimum Gasteiger partial charge on any atom is -0.385 e. The number of para-hydroxylation sites is 1. The van der Waals surface area contributed by atoms with Crippen molar-refractivity contribution in [2.24, 2.45) is 0 Å². The molecule has 3 nitrogen and oxygen atoms in total. The number of aromatic nitrogens is 2. The zero-order valence-corrected chi connectivity index (χ0v) is 10.7. The van der Waals surface area contributed by atoms with Crippen LogP contribution in [0.15, 0.2) is 18.2 Å². The second-order valence-electron chi connectivity index (χ2n) is 4.06. The predicted molar refractivity (Wildman–Crippen MR) is 68.3 cm³/mol. The monoisotopic (exact) mass is 254 g/mol. The number of halogens is 1. The zero-order valence-electron chi connectivity index (χ0n) is 9.87. The number of methoxy groups -OCH3 is 1. The summed E-state index contributed by atoms with van der Waals surface area (Å²) in [7, 11) is 1.67. The van der Waals surface area contributed by atoms with Gasteiger partial charge in [0.05, 0.1) is 5.52 Å². The molecule has 0 bridgehead atoms. The quantitative estimate of drug-likeness (QED) is 0.847. The molecule has 2 rings (SSSR count). The van der Waals surface area contributed by atoms with Gasteiger partial charge in [0.15, 0.2) is 4.77 Å². The molecule has 1 atom stereocenters. The first kappa shape index (κ1) is 12.3. The minimum absolute atomic E-state index is 0.179. The van der Waals surface area contributed by atoms with E-state index in [2.05, 4.69) is 4.98 Å². The van der Waals surface area contributed by atoms with Gasteiger partial charge in [-0.3, -0.25) is 0 Å². The van der Waals surface area contributed by atoms with Crippen LogP contribution in [0.3, 0.4) is 0 Å². The Morgan fingerprint density at radius 3 is 3.00 bits per heavy atom. The lowest BCUT2D eigenvalue weighted by Crippen LogP contribution is -2.07. The van der Waals surface area contributed by atoms with Gasteiger partial charge in [0.2, 0.25) is 0 Å². The van der Waals surface area contributed by atoms with E-state index in [9.17, 15) is 4.39 Å². The smallest absolute Gasteiger partial charge is 0.178 e. The molecule has 0 spiro atoms. The molecular formula is C12H15FN2OS. The Labute approximate surface area is 104 Å². The largest absolute Gasteiger partial charge is 0.385 e. The van der Waals surface area contributed by atoms with Gasteiger partial charge in [-0.05, 0) is 37.7 Å². The molecule has 17 heavy (non-hydrogen) atoms. The summed E-state index contributed by atoms with van der Waals surface area (Å²) < 4.78 is 21.1. The number of rotatable bonds is 4. The fourth-order valence-corrected chi connectivity index (χ4v) is 2.35. The number of hydrogen-bond acceptors (Lipinski definition) is 2. The molecule has 0 amide bonds. The number of H-pyrrole nitrogens is 1. The second-order valence-corrected chi connectivity index (χ2v) is 4.45. The van der Waals surface area contributed by atoms with Crippen LogP contribution in [0.25, 0.3) is 11.0 Å². The average Bonchev–Trinajstić information content (AvgIpc) is 2.64. The summed E-state index contributed by atoms with van der Waals surface area (Å²) in [4.78, 5) is 2.91. The Morgan fingerprint density at radius 1 is 1.53 bits per heavy atom. The van der Waals surface area contributed by atoms with E-state index in [1.807, 2.05) is 17.6 Å². The fourth-order valence-electron chi connectivity index (χ4n) is 1.97. The van der Waals surface area contributed by atoms with Crippen molar-refractivity contribution < 1.29 is 9.13 Å². The van der Waals surface area contributed by atoms with Crippen LogP contribution in [-0.4, -0.2) is 23.3 Å². The lowest BCUT2D eigenvalue weighted by Gasteiger charge is -2.13. The fraction of sp³-hybridized carbons (Fsp3) is 0.417. The average molecular weight is 254 g/mol. The van der Waals surface area contributed by atoms with E-state index in [1.165, 1.54) is 6.07 Å². The number of fused-ring (bicyclic) bond motifs is 1. The molecule has 0 aliphatic carbocycles. The summed E-state index contributed by atoms with van der Waals surface area (Å²) >= 11 is 5.24. The Morgan fingerprint density at radius 2 is 2.29 bits per heavy atom. The normalized spacial score (nSPS) is 13.1. The molecule has 0 radical (unpaired) electrons. The lowest BCUT2D eigenvalue weighted by molar-refractivity contribution is 0.181. The number of aromatic amines is 1. The SMILES string of the molecule is COCCC(C)n1c(=S)[nH]c2c(F)cccc21. The molecule has 0 aliphatic rings. The highest BCUT2D eigenvalue weighted by molar-refractivity contribution is 7.71. The first-order valence-corrected chi connectivity index (χ1v) is 5.93. The van der Waals surface area contributed by atoms with Crippen molar-refractivity contribution in [2.75, 3.05) is 13.7 Å². The summed E-state index contributed by atoms with van der Waals surface area (Å²) in [5, 5.41) is 0. The first-order chi connectivity index (χ1) is 8.15. The van der Waals surface area contributed by atoms with Crippen LogP contribution in [0.4, 0.5) is 4.39 Å². The van der Waals surface area contributed by atoms with E-state index < -0.39 is 0 Å². The standard InChI is InChI=1S/C12H15FN2OS/c1-8(6-7-16-2)15-10-5-3-4-9(13)11(10)14-12(15)17/h3-5,8H,6-7H2,1-2H3,(H,14,17). The van der Waals surface area contributed by atoms with Crippen molar-refractivity contribution >= 4 is 23.3 Å². The van der Waals surface area contributed by atoms with Gasteiger partial charge in [-0.2, -0.15) is 0 Å². The maximum Gasteiger partial charge on any atom is 0.178 e. The number of imidazole rings is 1. The van der Waals surface area contributed by atoms with E-state index in [4.69, 9.17) is 17.0 Å². The lowest BCUT2D eigenvalue weighted by atomic mass is 10.2. The molecule has 1 N–H and O–H groups in total. The highest BCUT2D eigenvalue weighted by Gasteiger charge is 2.12. The number of nitrogens with one attached hydrogen (secondary N) is 1. The van der Waals surface area contributed by atoms with Crippen molar-refractivity contribution in [3.63, 3.8) is 0 Å². The van der Waals surface area contributed by atoms with E-state index in [0.717, 1.165) is 11.9 Å². The zero-order chi connectivity index (χ0) is 12.4. The van der Waals surface area contributed by atoms with Gasteiger partial charge < -0.3 is 14.3 Å². The Bertz CT molecular complexity index is 575. The summed E-state index contributed by atoms with van der Waals surface area (Å²) in [6.45, 7) is 2.71. The van der Waals surface area contributed by atoms with Crippen LogP contribution in [0.2, 0.25) is 0 Å². The van der Waals surface area contributed by atoms with E-state index in [0.29, 0.717) is 16.9 Å². The van der Waals surface area contributed by atoms with Gasteiger partial charge >= 0.3 is 0 Å². The predicted octanol–water partition coefficient (Wildman–Crippen LogP) is 3.44. The number of benzene rings is 1. The molecule has 92 valence electrons. The maximum atomic E-state index is 13.6. The Hall–Kier alpha value is -1.20. The molecule has 1 aromatic carbocycles. The molecule has 1 heterocycles. The number of nitrogens with zero attached hydrogens (tertiary/aromatic N) is 1. The number of hydrogen-bond donors (Lipinski definition) is 1. The highest BCUT2D eigenvalue weighted by atomic mass is 32.1. The van der Waals surface area contributed by atoms with Gasteiger partial charge in [0.25, 0.3) is 0 Å². The van der Waals surface area contributed by atoms with Gasteiger partial charge in [-0.25, -0.2) is 4.39 Å². The van der Waals surface area contributed by atoms with Crippen LogP contribution in [-0.2, 0) is 4.74 Å². The van der Waals surface area contributed by atoms with Crippen molar-refractivity contribution in [3.05, 3.63) is 28.8 Å². The van der Waals surface area contributed by atoms with Crippen LogP contribution in [0.1, 0.15) is 19.4 Å². The molecule has 1 unspecified atom stereocenters. The Balaban J connectivity index is 2.50. The van der Waals surface area contributed by atoms with Crippen molar-refractivity contribution in [1.29, 1.82) is 0 Å². The van der Waals surface area contributed by atoms with E-state index >= 15 is 0 Å². The van der Waals surface area contributed by atoms with Gasteiger partial charge in [0, 0.05) is 19.8 Å². The van der Waals surface area contributed by atoms with Crippen LogP contribution in [0, 0.1) is 10.6 Å².